The van der Waals surface area contributed by atoms with Crippen LogP contribution >= 0.6 is 15.9 Å². The molecule has 0 saturated heterocycles. The summed E-state index contributed by atoms with van der Waals surface area (Å²) < 4.78 is 5.39. The van der Waals surface area contributed by atoms with E-state index in [0.717, 1.165) is 0 Å². The lowest BCUT2D eigenvalue weighted by atomic mass is 10.1. The van der Waals surface area contributed by atoms with E-state index >= 15 is 0 Å². The number of likely N-dealkylation sites (N-methyl/N-ethyl adjacent to an activating group) is 1. The molecule has 1 aromatic rings. The molecule has 5 heteroatoms. The third kappa shape index (κ3) is 1.61. The van der Waals surface area contributed by atoms with Crippen molar-refractivity contribution in [2.75, 3.05) is 17.3 Å². The Morgan fingerprint density at radius 2 is 2.38 bits per heavy atom. The van der Waals surface area contributed by atoms with Crippen LogP contribution in [0.25, 0.3) is 0 Å². The van der Waals surface area contributed by atoms with Crippen LogP contribution in [0.4, 0.5) is 5.69 Å². The van der Waals surface area contributed by atoms with E-state index in [2.05, 4.69) is 15.9 Å². The second-order valence-corrected chi connectivity index (χ2v) is 4.03. The van der Waals surface area contributed by atoms with Gasteiger partial charge >= 0.3 is 0 Å². The summed E-state index contributed by atoms with van der Waals surface area (Å²) in [6.07, 6.45) is 0.0711. The van der Waals surface area contributed by atoms with E-state index < -0.39 is 6.23 Å². The fraction of sp³-hybridized carbons (Fsp3) is 0.273. The Balaban J connectivity index is 2.50. The van der Waals surface area contributed by atoms with Crippen LogP contribution in [0, 0.1) is 0 Å². The van der Waals surface area contributed by atoms with Crippen molar-refractivity contribution in [1.29, 1.82) is 0 Å². The van der Waals surface area contributed by atoms with E-state index in [0.29, 0.717) is 23.3 Å². The lowest BCUT2D eigenvalue weighted by Crippen LogP contribution is -2.32. The summed E-state index contributed by atoms with van der Waals surface area (Å²) in [5.41, 5.74) is 1.25. The molecule has 0 spiro atoms. The minimum atomic E-state index is -0.640. The van der Waals surface area contributed by atoms with Crippen molar-refractivity contribution < 1.29 is 14.3 Å². The van der Waals surface area contributed by atoms with E-state index in [1.54, 1.807) is 30.1 Å². The van der Waals surface area contributed by atoms with E-state index in [4.69, 9.17) is 4.74 Å². The Labute approximate surface area is 101 Å². The number of ether oxygens (including phenoxy) is 1. The number of alkyl halides is 1. The molecular weight excluding hydrogens is 274 g/mol. The number of Topliss-reactive ketones (excluding diaryl/α,β-unsaturated/α-hetero) is 1. The zero-order valence-electron chi connectivity index (χ0n) is 8.64. The van der Waals surface area contributed by atoms with Crippen molar-refractivity contribution in [1.82, 2.24) is 0 Å². The highest BCUT2D eigenvalue weighted by atomic mass is 79.9. The molecule has 2 rings (SSSR count). The summed E-state index contributed by atoms with van der Waals surface area (Å²) in [5, 5.41) is 0.253. The van der Waals surface area contributed by atoms with Crippen molar-refractivity contribution in [2.45, 2.75) is 6.23 Å². The number of para-hydroxylation sites is 1. The molecule has 0 N–H and O–H groups in total. The number of aldehydes is 1. The van der Waals surface area contributed by atoms with E-state index in [9.17, 15) is 9.59 Å². The number of hydrogen-bond donors (Lipinski definition) is 0. The highest BCUT2D eigenvalue weighted by Gasteiger charge is 2.31. The number of anilines is 1. The monoisotopic (exact) mass is 283 g/mol. The van der Waals surface area contributed by atoms with Gasteiger partial charge in [0.15, 0.2) is 12.1 Å². The van der Waals surface area contributed by atoms with Crippen LogP contribution in [0.15, 0.2) is 18.2 Å². The molecule has 16 heavy (non-hydrogen) atoms. The predicted molar refractivity (Wildman–Crippen MR) is 63.4 cm³/mol. The van der Waals surface area contributed by atoms with Gasteiger partial charge in [-0.05, 0) is 12.1 Å². The molecule has 1 aliphatic rings. The van der Waals surface area contributed by atoms with Gasteiger partial charge in [-0.25, -0.2) is 0 Å². The number of ketones is 1. The molecule has 0 radical (unpaired) electrons. The number of nitrogens with zero attached hydrogens (tertiary/aromatic N) is 1. The molecule has 0 bridgehead atoms. The van der Waals surface area contributed by atoms with Gasteiger partial charge in [-0.2, -0.15) is 0 Å². The van der Waals surface area contributed by atoms with Gasteiger partial charge in [0.2, 0.25) is 6.23 Å². The molecule has 1 aromatic carbocycles. The average Bonchev–Trinajstić information content (AvgIpc) is 2.65. The Morgan fingerprint density at radius 1 is 1.62 bits per heavy atom. The minimum absolute atomic E-state index is 0.0288. The van der Waals surface area contributed by atoms with E-state index in [1.165, 1.54) is 0 Å². The molecule has 0 aromatic heterocycles. The summed E-state index contributed by atoms with van der Waals surface area (Å²) in [6.45, 7) is 0. The molecule has 1 atom stereocenters. The van der Waals surface area contributed by atoms with Crippen LogP contribution in [0.2, 0.25) is 0 Å². The normalized spacial score (nSPS) is 17.9. The first kappa shape index (κ1) is 11.1. The average molecular weight is 284 g/mol. The highest BCUT2D eigenvalue weighted by molar-refractivity contribution is 9.09. The molecule has 1 unspecified atom stereocenters. The number of carbonyl (C=O) groups is 2. The minimum Gasteiger partial charge on any atom is -0.461 e. The first-order valence-corrected chi connectivity index (χ1v) is 5.88. The summed E-state index contributed by atoms with van der Waals surface area (Å²) in [5.74, 6) is 0.547. The Bertz CT molecular complexity index is 447. The van der Waals surface area contributed by atoms with Crippen LogP contribution in [-0.4, -0.2) is 30.7 Å². The second-order valence-electron chi connectivity index (χ2n) is 3.46. The zero-order chi connectivity index (χ0) is 11.7. The Morgan fingerprint density at radius 3 is 3.00 bits per heavy atom. The lowest BCUT2D eigenvalue weighted by molar-refractivity contribution is -0.113. The van der Waals surface area contributed by atoms with Crippen LogP contribution in [0.5, 0.6) is 5.75 Å². The number of fused-ring (bicyclic) bond motifs is 1. The van der Waals surface area contributed by atoms with Gasteiger partial charge in [0.1, 0.15) is 5.75 Å². The zero-order valence-corrected chi connectivity index (χ0v) is 10.2. The van der Waals surface area contributed by atoms with Crippen molar-refractivity contribution in [3.05, 3.63) is 23.8 Å². The number of rotatable bonds is 3. The molecule has 1 aliphatic heterocycles. The van der Waals surface area contributed by atoms with Gasteiger partial charge in [0.05, 0.1) is 11.0 Å². The van der Waals surface area contributed by atoms with Crippen molar-refractivity contribution in [3.8, 4) is 5.75 Å². The second kappa shape index (κ2) is 4.25. The quantitative estimate of drug-likeness (QED) is 0.481. The SMILES string of the molecule is CN1c2c(cccc2C(=O)CBr)OC1C=O. The largest absolute Gasteiger partial charge is 0.461 e. The fourth-order valence-corrected chi connectivity index (χ4v) is 2.04. The summed E-state index contributed by atoms with van der Waals surface area (Å²) in [4.78, 5) is 24.1. The first-order valence-electron chi connectivity index (χ1n) is 4.76. The Hall–Kier alpha value is -1.36. The molecule has 84 valence electrons. The fourth-order valence-electron chi connectivity index (χ4n) is 1.73. The standard InChI is InChI=1S/C11H10BrNO3/c1-13-10(6-14)16-9-4-2-3-7(11(9)13)8(15)5-12/h2-4,6,10H,5H2,1H3. The maximum absolute atomic E-state index is 11.7. The summed E-state index contributed by atoms with van der Waals surface area (Å²) >= 11 is 3.13. The predicted octanol–water partition coefficient (Wildman–Crippen LogP) is 1.62. The van der Waals surface area contributed by atoms with Crippen LogP contribution in [-0.2, 0) is 4.79 Å². The molecule has 0 aliphatic carbocycles. The molecule has 1 heterocycles. The van der Waals surface area contributed by atoms with E-state index in [1.807, 2.05) is 0 Å². The summed E-state index contributed by atoms with van der Waals surface area (Å²) in [6, 6.07) is 5.23. The Kier molecular flexibility index (Phi) is 2.96. The van der Waals surface area contributed by atoms with Gasteiger partial charge in [-0.1, -0.05) is 22.0 Å². The van der Waals surface area contributed by atoms with Gasteiger partial charge < -0.3 is 9.64 Å². The third-order valence-corrected chi connectivity index (χ3v) is 3.03. The molecular formula is C11H10BrNO3. The number of benzene rings is 1. The van der Waals surface area contributed by atoms with Gasteiger partial charge in [0.25, 0.3) is 0 Å². The summed E-state index contributed by atoms with van der Waals surface area (Å²) in [7, 11) is 1.73. The van der Waals surface area contributed by atoms with Crippen molar-refractivity contribution >= 4 is 33.7 Å². The van der Waals surface area contributed by atoms with E-state index in [-0.39, 0.29) is 11.1 Å². The van der Waals surface area contributed by atoms with Crippen LogP contribution in [0.3, 0.4) is 0 Å². The maximum Gasteiger partial charge on any atom is 0.228 e. The molecule has 4 nitrogen and oxygen atoms in total. The van der Waals surface area contributed by atoms with Crippen LogP contribution < -0.4 is 9.64 Å². The van der Waals surface area contributed by atoms with Crippen molar-refractivity contribution in [3.63, 3.8) is 0 Å². The van der Waals surface area contributed by atoms with Gasteiger partial charge in [0, 0.05) is 12.6 Å². The van der Waals surface area contributed by atoms with Gasteiger partial charge in [-0.15, -0.1) is 0 Å². The van der Waals surface area contributed by atoms with Crippen molar-refractivity contribution in [2.24, 2.45) is 0 Å². The topological polar surface area (TPSA) is 46.6 Å². The van der Waals surface area contributed by atoms with Crippen LogP contribution in [0.1, 0.15) is 10.4 Å². The number of halogens is 1. The molecule has 0 amide bonds. The first-order chi connectivity index (χ1) is 7.69. The van der Waals surface area contributed by atoms with Gasteiger partial charge in [-0.3, -0.25) is 9.59 Å². The smallest absolute Gasteiger partial charge is 0.228 e. The maximum atomic E-state index is 11.7. The number of carbonyl (C=O) groups excluding carboxylic acids is 2. The third-order valence-electron chi connectivity index (χ3n) is 2.52. The highest BCUT2D eigenvalue weighted by Crippen LogP contribution is 2.38. The lowest BCUT2D eigenvalue weighted by Gasteiger charge is -2.16. The number of hydrogen-bond acceptors (Lipinski definition) is 4. The molecule has 0 fully saturated rings. The molecule has 0 saturated carbocycles.